The van der Waals surface area contributed by atoms with Crippen molar-refractivity contribution in [3.8, 4) is 5.75 Å². The first-order valence-corrected chi connectivity index (χ1v) is 6.89. The lowest BCUT2D eigenvalue weighted by Gasteiger charge is -2.06. The van der Waals surface area contributed by atoms with Gasteiger partial charge in [-0.2, -0.15) is 0 Å². The highest BCUT2D eigenvalue weighted by atomic mass is 35.5. The highest BCUT2D eigenvalue weighted by Crippen LogP contribution is 2.22. The van der Waals surface area contributed by atoms with Gasteiger partial charge < -0.3 is 21.1 Å². The summed E-state index contributed by atoms with van der Waals surface area (Å²) in [6.07, 6.45) is 3.31. The molecule has 0 aliphatic heterocycles. The monoisotopic (exact) mass is 317 g/mol. The van der Waals surface area contributed by atoms with Crippen LogP contribution in [0.15, 0.2) is 48.7 Å². The maximum Gasteiger partial charge on any atom is 0.323 e. The number of nitrogen functional groups attached to an aromatic ring is 1. The Labute approximate surface area is 133 Å². The highest BCUT2D eigenvalue weighted by Gasteiger charge is 2.02. The molecule has 2 rings (SSSR count). The maximum absolute atomic E-state index is 11.7. The Bertz CT molecular complexity index is 702. The highest BCUT2D eigenvalue weighted by molar-refractivity contribution is 6.33. The summed E-state index contributed by atoms with van der Waals surface area (Å²) in [4.78, 5) is 11.7. The van der Waals surface area contributed by atoms with E-state index >= 15 is 0 Å². The molecule has 0 aliphatic carbocycles. The van der Waals surface area contributed by atoms with Gasteiger partial charge in [-0.25, -0.2) is 4.79 Å². The molecule has 2 amide bonds. The first-order chi connectivity index (χ1) is 10.6. The van der Waals surface area contributed by atoms with Crippen LogP contribution in [0, 0.1) is 0 Å². The lowest BCUT2D eigenvalue weighted by atomic mass is 10.2. The van der Waals surface area contributed by atoms with E-state index in [2.05, 4.69) is 10.6 Å². The summed E-state index contributed by atoms with van der Waals surface area (Å²) in [7, 11) is 1.60. The molecule has 0 bridgehead atoms. The van der Waals surface area contributed by atoms with Crippen LogP contribution in [0.2, 0.25) is 5.02 Å². The van der Waals surface area contributed by atoms with Gasteiger partial charge >= 0.3 is 6.03 Å². The zero-order valence-electron chi connectivity index (χ0n) is 12.0. The van der Waals surface area contributed by atoms with Gasteiger partial charge in [-0.05, 0) is 42.0 Å². The second-order valence-corrected chi connectivity index (χ2v) is 4.85. The fourth-order valence-electron chi connectivity index (χ4n) is 1.73. The molecular weight excluding hydrogens is 302 g/mol. The number of halogens is 1. The van der Waals surface area contributed by atoms with Gasteiger partial charge in [-0.1, -0.05) is 23.7 Å². The molecule has 0 radical (unpaired) electrons. The average Bonchev–Trinajstić information content (AvgIpc) is 2.51. The summed E-state index contributed by atoms with van der Waals surface area (Å²) in [6.45, 7) is 0. The van der Waals surface area contributed by atoms with Crippen molar-refractivity contribution in [3.05, 3.63) is 59.3 Å². The molecule has 114 valence electrons. The van der Waals surface area contributed by atoms with Gasteiger partial charge in [0.2, 0.25) is 0 Å². The number of ether oxygens (including phenoxy) is 1. The van der Waals surface area contributed by atoms with Gasteiger partial charge in [-0.3, -0.25) is 0 Å². The molecule has 0 atom stereocenters. The van der Waals surface area contributed by atoms with Gasteiger partial charge in [0, 0.05) is 11.9 Å². The third kappa shape index (κ3) is 4.43. The molecule has 2 aromatic rings. The molecule has 2 aromatic carbocycles. The number of carbonyl (C=O) groups excluding carboxylic acids is 1. The normalized spacial score (nSPS) is 10.5. The Morgan fingerprint density at radius 1 is 1.27 bits per heavy atom. The number of methoxy groups -OCH3 is 1. The number of hydrogen-bond acceptors (Lipinski definition) is 3. The number of rotatable bonds is 4. The Kier molecular flexibility index (Phi) is 5.27. The van der Waals surface area contributed by atoms with Crippen LogP contribution in [-0.4, -0.2) is 13.1 Å². The van der Waals surface area contributed by atoms with Gasteiger partial charge in [-0.15, -0.1) is 0 Å². The topological polar surface area (TPSA) is 76.4 Å². The zero-order chi connectivity index (χ0) is 15.9. The van der Waals surface area contributed by atoms with Crippen molar-refractivity contribution in [2.75, 3.05) is 18.2 Å². The van der Waals surface area contributed by atoms with Crippen molar-refractivity contribution in [3.63, 3.8) is 0 Å². The van der Waals surface area contributed by atoms with E-state index in [-0.39, 0.29) is 6.03 Å². The van der Waals surface area contributed by atoms with E-state index in [4.69, 9.17) is 22.1 Å². The molecule has 0 unspecified atom stereocenters. The number of nitrogens with one attached hydrogen (secondary N) is 2. The van der Waals surface area contributed by atoms with Gasteiger partial charge in [0.25, 0.3) is 0 Å². The van der Waals surface area contributed by atoms with Gasteiger partial charge in [0.05, 0.1) is 17.8 Å². The maximum atomic E-state index is 11.7. The Morgan fingerprint density at radius 2 is 2.09 bits per heavy atom. The second-order valence-electron chi connectivity index (χ2n) is 4.44. The summed E-state index contributed by atoms with van der Waals surface area (Å²) in [6, 6.07) is 12.0. The van der Waals surface area contributed by atoms with Crippen LogP contribution < -0.4 is 21.1 Å². The van der Waals surface area contributed by atoms with Crippen molar-refractivity contribution >= 4 is 35.1 Å². The molecule has 22 heavy (non-hydrogen) atoms. The van der Waals surface area contributed by atoms with Gasteiger partial charge in [0.15, 0.2) is 0 Å². The molecule has 4 N–H and O–H groups in total. The van der Waals surface area contributed by atoms with Crippen molar-refractivity contribution < 1.29 is 9.53 Å². The van der Waals surface area contributed by atoms with Crippen LogP contribution in [0.5, 0.6) is 5.75 Å². The Balaban J connectivity index is 1.91. The van der Waals surface area contributed by atoms with E-state index in [9.17, 15) is 4.79 Å². The average molecular weight is 318 g/mol. The van der Waals surface area contributed by atoms with E-state index in [1.54, 1.807) is 37.6 Å². The summed E-state index contributed by atoms with van der Waals surface area (Å²) >= 11 is 5.89. The first kappa shape index (κ1) is 15.7. The van der Waals surface area contributed by atoms with E-state index in [0.717, 1.165) is 11.3 Å². The molecule has 0 aromatic heterocycles. The van der Waals surface area contributed by atoms with Crippen LogP contribution in [0.25, 0.3) is 6.08 Å². The molecule has 0 saturated carbocycles. The molecule has 5 nitrogen and oxygen atoms in total. The van der Waals surface area contributed by atoms with Crippen LogP contribution in [0.3, 0.4) is 0 Å². The Morgan fingerprint density at radius 3 is 2.82 bits per heavy atom. The SMILES string of the molecule is COc1cccc(/C=C/NC(=O)Nc2ccc(N)c(Cl)c2)c1. The van der Waals surface area contributed by atoms with Crippen molar-refractivity contribution in [1.82, 2.24) is 5.32 Å². The molecule has 0 saturated heterocycles. The summed E-state index contributed by atoms with van der Waals surface area (Å²) in [5, 5.41) is 5.65. The zero-order valence-corrected chi connectivity index (χ0v) is 12.7. The third-order valence-corrected chi connectivity index (χ3v) is 3.17. The minimum atomic E-state index is -0.375. The first-order valence-electron chi connectivity index (χ1n) is 6.51. The number of anilines is 2. The fourth-order valence-corrected chi connectivity index (χ4v) is 1.91. The minimum Gasteiger partial charge on any atom is -0.497 e. The van der Waals surface area contributed by atoms with Crippen molar-refractivity contribution in [1.29, 1.82) is 0 Å². The quantitative estimate of drug-likeness (QED) is 0.752. The number of amides is 2. The molecule has 0 fully saturated rings. The van der Waals surface area contributed by atoms with Crippen LogP contribution >= 0.6 is 11.6 Å². The standard InChI is InChI=1S/C16H16ClN3O2/c1-22-13-4-2-3-11(9-13)7-8-19-16(21)20-12-5-6-15(18)14(17)10-12/h2-10H,18H2,1H3,(H2,19,20,21)/b8-7+. The predicted octanol–water partition coefficient (Wildman–Crippen LogP) is 3.72. The summed E-state index contributed by atoms with van der Waals surface area (Å²) in [5.74, 6) is 0.753. The molecule has 6 heteroatoms. The lowest BCUT2D eigenvalue weighted by molar-refractivity contribution is 0.255. The number of hydrogen-bond donors (Lipinski definition) is 3. The number of urea groups is 1. The summed E-state index contributed by atoms with van der Waals surface area (Å²) < 4.78 is 5.13. The number of nitrogens with two attached hydrogens (primary N) is 1. The Hall–Kier alpha value is -2.66. The van der Waals surface area contributed by atoms with Crippen molar-refractivity contribution in [2.45, 2.75) is 0 Å². The fraction of sp³-hybridized carbons (Fsp3) is 0.0625. The largest absolute Gasteiger partial charge is 0.497 e. The molecule has 0 spiro atoms. The third-order valence-electron chi connectivity index (χ3n) is 2.84. The second kappa shape index (κ2) is 7.38. The molecule has 0 aliphatic rings. The van der Waals surface area contributed by atoms with Crippen LogP contribution in [0.1, 0.15) is 5.56 Å². The van der Waals surface area contributed by atoms with Crippen LogP contribution in [0.4, 0.5) is 16.2 Å². The predicted molar refractivity (Wildman–Crippen MR) is 90.0 cm³/mol. The van der Waals surface area contributed by atoms with Crippen LogP contribution in [-0.2, 0) is 0 Å². The number of benzene rings is 2. The minimum absolute atomic E-state index is 0.375. The van der Waals surface area contributed by atoms with E-state index < -0.39 is 0 Å². The lowest BCUT2D eigenvalue weighted by Crippen LogP contribution is -2.23. The molecule has 0 heterocycles. The summed E-state index contributed by atoms with van der Waals surface area (Å²) in [5.41, 5.74) is 7.54. The molecular formula is C16H16ClN3O2. The van der Waals surface area contributed by atoms with E-state index in [1.807, 2.05) is 24.3 Å². The van der Waals surface area contributed by atoms with E-state index in [1.165, 1.54) is 0 Å². The van der Waals surface area contributed by atoms with Gasteiger partial charge in [0.1, 0.15) is 5.75 Å². The smallest absolute Gasteiger partial charge is 0.323 e. The number of carbonyl (C=O) groups is 1. The van der Waals surface area contributed by atoms with Crippen molar-refractivity contribution in [2.24, 2.45) is 0 Å². The van der Waals surface area contributed by atoms with E-state index in [0.29, 0.717) is 16.4 Å².